The largest absolute Gasteiger partial charge is 0.481 e. The van der Waals surface area contributed by atoms with Crippen molar-refractivity contribution in [2.45, 2.75) is 303 Å². The fourth-order valence-electron chi connectivity index (χ4n) is 8.05. The van der Waals surface area contributed by atoms with Crippen LogP contribution in [0.2, 0.25) is 0 Å². The van der Waals surface area contributed by atoms with E-state index in [1.54, 1.807) is 0 Å². The molecular formula is C54H100O6. The Balaban J connectivity index is 4.14. The molecule has 0 fully saturated rings. The maximum absolute atomic E-state index is 12.7. The standard InChI is InChI=1S/C54H100O6/c1-4-7-10-13-14-15-16-17-18-19-20-21-29-34-41-48-53(57)59-51(44-37-12-9-6-3)46-39-32-27-23-25-30-35-42-49-54(58)60-50(43-36-11-8-5-2)45-38-31-26-22-24-28-33-40-47-52(55)56/h17-18,31,38,50-51H,4-16,19-30,32-37,39-49H2,1-3H3,(H,55,56)/b18-17+,38-31+. The number of hydrogen-bond acceptors (Lipinski definition) is 5. The van der Waals surface area contributed by atoms with E-state index in [0.29, 0.717) is 12.8 Å². The lowest BCUT2D eigenvalue weighted by molar-refractivity contribution is -0.150. The van der Waals surface area contributed by atoms with Crippen LogP contribution in [0.4, 0.5) is 0 Å². The molecule has 0 spiro atoms. The Morgan fingerprint density at radius 3 is 1.08 bits per heavy atom. The number of ether oxygens (including phenoxy) is 2. The normalized spacial score (nSPS) is 12.7. The van der Waals surface area contributed by atoms with Gasteiger partial charge in [0.25, 0.3) is 0 Å². The van der Waals surface area contributed by atoms with Crippen LogP contribution < -0.4 is 0 Å². The summed E-state index contributed by atoms with van der Waals surface area (Å²) in [6.45, 7) is 6.74. The second kappa shape index (κ2) is 47.9. The summed E-state index contributed by atoms with van der Waals surface area (Å²) in [5.74, 6) is -0.723. The monoisotopic (exact) mass is 845 g/mol. The number of carbonyl (C=O) groups is 3. The number of allylic oxidation sites excluding steroid dienone is 3. The Morgan fingerprint density at radius 1 is 0.367 bits per heavy atom. The Hall–Kier alpha value is -2.11. The topological polar surface area (TPSA) is 89.9 Å². The van der Waals surface area contributed by atoms with Gasteiger partial charge in [-0.05, 0) is 96.3 Å². The molecule has 0 bridgehead atoms. The summed E-state index contributed by atoms with van der Waals surface area (Å²) in [6, 6.07) is 0. The Bertz CT molecular complexity index is 989. The summed E-state index contributed by atoms with van der Waals surface area (Å²) in [4.78, 5) is 36.1. The first-order valence-corrected chi connectivity index (χ1v) is 26.3. The molecule has 0 heterocycles. The summed E-state index contributed by atoms with van der Waals surface area (Å²) in [5, 5.41) is 8.75. The van der Waals surface area contributed by atoms with Gasteiger partial charge < -0.3 is 14.6 Å². The summed E-state index contributed by atoms with van der Waals surface area (Å²) < 4.78 is 12.0. The van der Waals surface area contributed by atoms with Crippen LogP contribution >= 0.6 is 0 Å². The van der Waals surface area contributed by atoms with Crippen LogP contribution in [0.3, 0.4) is 0 Å². The zero-order valence-electron chi connectivity index (χ0n) is 40.2. The van der Waals surface area contributed by atoms with E-state index in [4.69, 9.17) is 14.6 Å². The Kier molecular flexibility index (Phi) is 46.2. The van der Waals surface area contributed by atoms with Gasteiger partial charge in [0.15, 0.2) is 0 Å². The van der Waals surface area contributed by atoms with Crippen LogP contribution in [-0.2, 0) is 23.9 Å². The van der Waals surface area contributed by atoms with Crippen molar-refractivity contribution in [3.05, 3.63) is 24.3 Å². The molecule has 6 nitrogen and oxygen atoms in total. The molecule has 0 aliphatic carbocycles. The van der Waals surface area contributed by atoms with Gasteiger partial charge in [-0.15, -0.1) is 0 Å². The number of unbranched alkanes of at least 4 members (excludes halogenated alkanes) is 29. The van der Waals surface area contributed by atoms with Crippen molar-refractivity contribution in [3.8, 4) is 0 Å². The highest BCUT2D eigenvalue weighted by molar-refractivity contribution is 5.69. The van der Waals surface area contributed by atoms with E-state index in [2.05, 4.69) is 45.1 Å². The van der Waals surface area contributed by atoms with Crippen LogP contribution in [0, 0.1) is 0 Å². The number of aliphatic carboxylic acids is 1. The van der Waals surface area contributed by atoms with Crippen LogP contribution in [0.5, 0.6) is 0 Å². The van der Waals surface area contributed by atoms with Gasteiger partial charge in [-0.3, -0.25) is 14.4 Å². The molecule has 0 saturated carbocycles. The Morgan fingerprint density at radius 2 is 0.667 bits per heavy atom. The first-order chi connectivity index (χ1) is 29.4. The van der Waals surface area contributed by atoms with Crippen molar-refractivity contribution in [1.29, 1.82) is 0 Å². The maximum atomic E-state index is 12.7. The smallest absolute Gasteiger partial charge is 0.306 e. The molecule has 1 N–H and O–H groups in total. The second-order valence-electron chi connectivity index (χ2n) is 18.0. The van der Waals surface area contributed by atoms with Gasteiger partial charge in [-0.2, -0.15) is 0 Å². The van der Waals surface area contributed by atoms with Gasteiger partial charge in [-0.25, -0.2) is 0 Å². The molecule has 0 aliphatic rings. The number of carboxylic acids is 1. The minimum Gasteiger partial charge on any atom is -0.481 e. The lowest BCUT2D eigenvalue weighted by Crippen LogP contribution is -2.18. The minimum atomic E-state index is -0.700. The average Bonchev–Trinajstić information content (AvgIpc) is 3.23. The van der Waals surface area contributed by atoms with Crippen LogP contribution in [-0.4, -0.2) is 35.2 Å². The van der Waals surface area contributed by atoms with Crippen LogP contribution in [0.1, 0.15) is 290 Å². The lowest BCUT2D eigenvalue weighted by atomic mass is 10.0. The lowest BCUT2D eigenvalue weighted by Gasteiger charge is -2.18. The van der Waals surface area contributed by atoms with E-state index in [-0.39, 0.29) is 30.6 Å². The van der Waals surface area contributed by atoms with Gasteiger partial charge >= 0.3 is 17.9 Å². The number of esters is 2. The van der Waals surface area contributed by atoms with Crippen molar-refractivity contribution in [1.82, 2.24) is 0 Å². The summed E-state index contributed by atoms with van der Waals surface area (Å²) >= 11 is 0. The third kappa shape index (κ3) is 45.4. The summed E-state index contributed by atoms with van der Waals surface area (Å²) in [5.41, 5.74) is 0. The summed E-state index contributed by atoms with van der Waals surface area (Å²) in [6.07, 6.45) is 55.8. The van der Waals surface area contributed by atoms with E-state index in [1.807, 2.05) is 0 Å². The van der Waals surface area contributed by atoms with Gasteiger partial charge in [0, 0.05) is 25.7 Å². The minimum absolute atomic E-state index is 0.0157. The van der Waals surface area contributed by atoms with Crippen LogP contribution in [0.25, 0.3) is 0 Å². The number of carboxylic acid groups (broad SMARTS) is 1. The van der Waals surface area contributed by atoms with E-state index >= 15 is 0 Å². The quantitative estimate of drug-likeness (QED) is 0.0373. The molecule has 0 radical (unpaired) electrons. The zero-order valence-corrected chi connectivity index (χ0v) is 40.2. The molecule has 2 atom stereocenters. The first-order valence-electron chi connectivity index (χ1n) is 26.3. The molecule has 0 amide bonds. The molecule has 0 aromatic heterocycles. The molecule has 0 aliphatic heterocycles. The SMILES string of the molecule is CCCCCCCC/C=C/CCCCCCCC(=O)OC(CCCCCC)CCCCCCCCCCC(=O)OC(C/C=C/CCCCCCCC(=O)O)CCCCCC. The number of rotatable bonds is 48. The van der Waals surface area contributed by atoms with Crippen LogP contribution in [0.15, 0.2) is 24.3 Å². The number of hydrogen-bond donors (Lipinski definition) is 1. The first kappa shape index (κ1) is 57.9. The van der Waals surface area contributed by atoms with Gasteiger partial charge in [-0.1, -0.05) is 193 Å². The molecule has 0 saturated heterocycles. The van der Waals surface area contributed by atoms with E-state index in [1.165, 1.54) is 141 Å². The number of carbonyl (C=O) groups excluding carboxylic acids is 2. The van der Waals surface area contributed by atoms with E-state index in [0.717, 1.165) is 109 Å². The van der Waals surface area contributed by atoms with Crippen molar-refractivity contribution < 1.29 is 29.0 Å². The molecule has 6 heteroatoms. The Labute approximate surface area is 372 Å². The zero-order chi connectivity index (χ0) is 43.8. The van der Waals surface area contributed by atoms with Gasteiger partial charge in [0.2, 0.25) is 0 Å². The van der Waals surface area contributed by atoms with Crippen molar-refractivity contribution in [3.63, 3.8) is 0 Å². The molecule has 2 unspecified atom stereocenters. The highest BCUT2D eigenvalue weighted by Gasteiger charge is 2.15. The molecule has 0 aromatic rings. The van der Waals surface area contributed by atoms with Crippen molar-refractivity contribution in [2.24, 2.45) is 0 Å². The highest BCUT2D eigenvalue weighted by atomic mass is 16.5. The van der Waals surface area contributed by atoms with Crippen molar-refractivity contribution in [2.75, 3.05) is 0 Å². The third-order valence-electron chi connectivity index (χ3n) is 12.0. The maximum Gasteiger partial charge on any atom is 0.306 e. The van der Waals surface area contributed by atoms with E-state index in [9.17, 15) is 14.4 Å². The molecule has 60 heavy (non-hydrogen) atoms. The summed E-state index contributed by atoms with van der Waals surface area (Å²) in [7, 11) is 0. The van der Waals surface area contributed by atoms with Crippen molar-refractivity contribution >= 4 is 17.9 Å². The fourth-order valence-corrected chi connectivity index (χ4v) is 8.05. The molecule has 0 aromatic carbocycles. The second-order valence-corrected chi connectivity index (χ2v) is 18.0. The molecule has 0 rings (SSSR count). The molecule has 352 valence electrons. The third-order valence-corrected chi connectivity index (χ3v) is 12.0. The van der Waals surface area contributed by atoms with E-state index < -0.39 is 5.97 Å². The average molecular weight is 845 g/mol. The van der Waals surface area contributed by atoms with Gasteiger partial charge in [0.05, 0.1) is 0 Å². The highest BCUT2D eigenvalue weighted by Crippen LogP contribution is 2.20. The predicted octanol–water partition coefficient (Wildman–Crippen LogP) is 17.5. The molecular weight excluding hydrogens is 745 g/mol. The fraction of sp³-hybridized carbons (Fsp3) is 0.870. The predicted molar refractivity (Wildman–Crippen MR) is 257 cm³/mol. The van der Waals surface area contributed by atoms with Gasteiger partial charge in [0.1, 0.15) is 12.2 Å².